The van der Waals surface area contributed by atoms with Gasteiger partial charge in [0.1, 0.15) is 17.2 Å². The van der Waals surface area contributed by atoms with Crippen molar-refractivity contribution in [3.63, 3.8) is 0 Å². The SMILES string of the molecule is O=c1ccc2c(C(O)CCCCc3ccc(OCC(F)(F)COc4ccccc4)cc3)ccc(O)c2[nH]1. The first kappa shape index (κ1) is 26.2. The van der Waals surface area contributed by atoms with Gasteiger partial charge in [-0.15, -0.1) is 0 Å². The number of alkyl halides is 2. The van der Waals surface area contributed by atoms with Crippen molar-refractivity contribution in [1.82, 2.24) is 4.98 Å². The highest BCUT2D eigenvalue weighted by molar-refractivity contribution is 5.87. The van der Waals surface area contributed by atoms with E-state index in [1.54, 1.807) is 54.6 Å². The molecule has 4 rings (SSSR count). The molecule has 0 radical (unpaired) electrons. The number of H-pyrrole nitrogens is 1. The van der Waals surface area contributed by atoms with Crippen LogP contribution in [-0.2, 0) is 6.42 Å². The molecule has 1 unspecified atom stereocenters. The van der Waals surface area contributed by atoms with E-state index in [9.17, 15) is 23.8 Å². The Labute approximate surface area is 213 Å². The van der Waals surface area contributed by atoms with Crippen LogP contribution in [0.3, 0.4) is 0 Å². The van der Waals surface area contributed by atoms with Crippen molar-refractivity contribution in [1.29, 1.82) is 0 Å². The molecule has 0 saturated carbocycles. The molecule has 194 valence electrons. The number of halogens is 2. The second-order valence-electron chi connectivity index (χ2n) is 8.94. The minimum atomic E-state index is -3.13. The topological polar surface area (TPSA) is 91.8 Å². The zero-order valence-electron chi connectivity index (χ0n) is 20.2. The van der Waals surface area contributed by atoms with E-state index in [-0.39, 0.29) is 11.3 Å². The number of rotatable bonds is 12. The van der Waals surface area contributed by atoms with Crippen molar-refractivity contribution in [2.24, 2.45) is 0 Å². The Bertz CT molecular complexity index is 1360. The summed E-state index contributed by atoms with van der Waals surface area (Å²) in [5.74, 6) is -2.43. The largest absolute Gasteiger partial charge is 0.506 e. The number of aliphatic hydroxyl groups excluding tert-OH is 1. The molecule has 1 atom stereocenters. The molecule has 3 aromatic carbocycles. The third-order valence-electron chi connectivity index (χ3n) is 6.03. The van der Waals surface area contributed by atoms with Gasteiger partial charge in [-0.25, -0.2) is 0 Å². The van der Waals surface area contributed by atoms with Crippen LogP contribution in [0, 0.1) is 0 Å². The van der Waals surface area contributed by atoms with Gasteiger partial charge in [-0.1, -0.05) is 42.8 Å². The zero-order chi connectivity index (χ0) is 26.3. The minimum absolute atomic E-state index is 0.0414. The van der Waals surface area contributed by atoms with Crippen molar-refractivity contribution in [2.45, 2.75) is 37.7 Å². The highest BCUT2D eigenvalue weighted by atomic mass is 19.3. The summed E-state index contributed by atoms with van der Waals surface area (Å²) >= 11 is 0. The average Bonchev–Trinajstić information content (AvgIpc) is 2.90. The number of aromatic nitrogens is 1. The number of aromatic hydroxyl groups is 1. The van der Waals surface area contributed by atoms with E-state index < -0.39 is 25.2 Å². The van der Waals surface area contributed by atoms with Gasteiger partial charge in [0.25, 0.3) is 0 Å². The maximum absolute atomic E-state index is 14.1. The summed E-state index contributed by atoms with van der Waals surface area (Å²) in [7, 11) is 0. The van der Waals surface area contributed by atoms with Crippen LogP contribution in [0.5, 0.6) is 17.2 Å². The van der Waals surface area contributed by atoms with E-state index in [1.807, 2.05) is 12.1 Å². The number of aryl methyl sites for hydroxylation is 1. The van der Waals surface area contributed by atoms with Gasteiger partial charge in [-0.3, -0.25) is 4.79 Å². The Kier molecular flexibility index (Phi) is 8.40. The predicted molar refractivity (Wildman–Crippen MR) is 138 cm³/mol. The van der Waals surface area contributed by atoms with Crippen LogP contribution in [0.15, 0.2) is 83.7 Å². The molecule has 1 aromatic heterocycles. The number of aliphatic hydroxyl groups is 1. The maximum Gasteiger partial charge on any atom is 0.314 e. The monoisotopic (exact) mass is 509 g/mol. The Hall–Kier alpha value is -3.91. The second kappa shape index (κ2) is 11.9. The van der Waals surface area contributed by atoms with E-state index >= 15 is 0 Å². The lowest BCUT2D eigenvalue weighted by Gasteiger charge is -2.18. The number of pyridine rings is 1. The van der Waals surface area contributed by atoms with Crippen LogP contribution >= 0.6 is 0 Å². The minimum Gasteiger partial charge on any atom is -0.506 e. The number of phenols is 1. The molecule has 0 fully saturated rings. The van der Waals surface area contributed by atoms with Crippen molar-refractivity contribution >= 4 is 10.9 Å². The summed E-state index contributed by atoms with van der Waals surface area (Å²) < 4.78 is 38.6. The molecule has 0 saturated heterocycles. The molecule has 37 heavy (non-hydrogen) atoms. The summed E-state index contributed by atoms with van der Waals surface area (Å²) in [5.41, 5.74) is 1.68. The Morgan fingerprint density at radius 2 is 1.51 bits per heavy atom. The van der Waals surface area contributed by atoms with Crippen LogP contribution < -0.4 is 15.0 Å². The molecule has 3 N–H and O–H groups in total. The fraction of sp³-hybridized carbons (Fsp3) is 0.276. The van der Waals surface area contributed by atoms with Crippen molar-refractivity contribution in [3.05, 3.63) is 100 Å². The Balaban J connectivity index is 1.21. The first-order valence-electron chi connectivity index (χ1n) is 12.1. The van der Waals surface area contributed by atoms with Crippen molar-refractivity contribution < 1.29 is 28.5 Å². The molecular formula is C29H29F2NO5. The smallest absolute Gasteiger partial charge is 0.314 e. The lowest BCUT2D eigenvalue weighted by molar-refractivity contribution is -0.0728. The standard InChI is InChI=1S/C29H29F2NO5/c30-29(31,18-36-21-7-2-1-3-8-21)19-37-22-12-10-20(11-13-22)6-4-5-9-25(33)23-14-16-26(34)28-24(23)15-17-27(35)32-28/h1-3,7-8,10-17,25,33-34H,4-6,9,18-19H2,(H,32,35). The maximum atomic E-state index is 14.1. The summed E-state index contributed by atoms with van der Waals surface area (Å²) in [6.07, 6.45) is 2.10. The molecule has 8 heteroatoms. The van der Waals surface area contributed by atoms with Gasteiger partial charge in [0.05, 0.1) is 11.6 Å². The molecule has 6 nitrogen and oxygen atoms in total. The number of hydrogen-bond acceptors (Lipinski definition) is 5. The summed E-state index contributed by atoms with van der Waals surface area (Å²) in [6.45, 7) is -1.55. The van der Waals surface area contributed by atoms with Crippen LogP contribution in [0.2, 0.25) is 0 Å². The Morgan fingerprint density at radius 3 is 2.22 bits per heavy atom. The number of phenolic OH excluding ortho intramolecular Hbond substituents is 1. The van der Waals surface area contributed by atoms with Crippen LogP contribution in [0.1, 0.15) is 36.5 Å². The summed E-state index contributed by atoms with van der Waals surface area (Å²) in [6, 6.07) is 21.6. The molecule has 0 aliphatic heterocycles. The van der Waals surface area contributed by atoms with E-state index in [4.69, 9.17) is 9.47 Å². The van der Waals surface area contributed by atoms with Gasteiger partial charge < -0.3 is 24.7 Å². The molecule has 0 spiro atoms. The molecular weight excluding hydrogens is 480 g/mol. The number of unbranched alkanes of at least 4 members (excludes halogenated alkanes) is 1. The number of aromatic amines is 1. The number of ether oxygens (including phenoxy) is 2. The van der Waals surface area contributed by atoms with Gasteiger partial charge in [-0.2, -0.15) is 8.78 Å². The van der Waals surface area contributed by atoms with Crippen LogP contribution in [-0.4, -0.2) is 34.3 Å². The lowest BCUT2D eigenvalue weighted by Crippen LogP contribution is -2.32. The highest BCUT2D eigenvalue weighted by Gasteiger charge is 2.31. The summed E-state index contributed by atoms with van der Waals surface area (Å²) in [5, 5.41) is 21.3. The van der Waals surface area contributed by atoms with Crippen molar-refractivity contribution in [3.8, 4) is 17.2 Å². The van der Waals surface area contributed by atoms with E-state index in [1.165, 1.54) is 12.1 Å². The Morgan fingerprint density at radius 1 is 0.838 bits per heavy atom. The molecule has 1 heterocycles. The van der Waals surface area contributed by atoms with E-state index in [0.29, 0.717) is 34.4 Å². The number of para-hydroxylation sites is 1. The van der Waals surface area contributed by atoms with Gasteiger partial charge in [-0.05, 0) is 66.8 Å². The highest BCUT2D eigenvalue weighted by Crippen LogP contribution is 2.31. The van der Waals surface area contributed by atoms with Gasteiger partial charge in [0, 0.05) is 11.5 Å². The normalized spacial score (nSPS) is 12.4. The molecule has 0 bridgehead atoms. The third kappa shape index (κ3) is 7.30. The number of benzene rings is 3. The second-order valence-corrected chi connectivity index (χ2v) is 8.94. The van der Waals surface area contributed by atoms with Gasteiger partial charge in [0.2, 0.25) is 5.56 Å². The lowest BCUT2D eigenvalue weighted by atomic mass is 9.97. The first-order chi connectivity index (χ1) is 17.8. The predicted octanol–water partition coefficient (Wildman–Crippen LogP) is 5.77. The average molecular weight is 510 g/mol. The van der Waals surface area contributed by atoms with Crippen LogP contribution in [0.4, 0.5) is 8.78 Å². The summed E-state index contributed by atoms with van der Waals surface area (Å²) in [4.78, 5) is 14.2. The number of hydrogen-bond donors (Lipinski definition) is 3. The molecule has 4 aromatic rings. The van der Waals surface area contributed by atoms with Gasteiger partial charge in [0.15, 0.2) is 13.2 Å². The van der Waals surface area contributed by atoms with E-state index in [2.05, 4.69) is 4.98 Å². The fourth-order valence-electron chi connectivity index (χ4n) is 4.06. The fourth-order valence-corrected chi connectivity index (χ4v) is 4.06. The molecule has 0 aliphatic rings. The van der Waals surface area contributed by atoms with Crippen molar-refractivity contribution in [2.75, 3.05) is 13.2 Å². The molecule has 0 aliphatic carbocycles. The third-order valence-corrected chi connectivity index (χ3v) is 6.03. The van der Waals surface area contributed by atoms with Gasteiger partial charge >= 0.3 is 5.92 Å². The van der Waals surface area contributed by atoms with Crippen LogP contribution in [0.25, 0.3) is 10.9 Å². The quantitative estimate of drug-likeness (QED) is 0.211. The molecule has 0 amide bonds. The number of nitrogens with one attached hydrogen (secondary N) is 1. The zero-order valence-corrected chi connectivity index (χ0v) is 20.2. The number of fused-ring (bicyclic) bond motifs is 1. The first-order valence-corrected chi connectivity index (χ1v) is 12.1. The van der Waals surface area contributed by atoms with E-state index in [0.717, 1.165) is 24.8 Å².